The molecule has 19 heavy (non-hydrogen) atoms. The van der Waals surface area contributed by atoms with Gasteiger partial charge in [-0.2, -0.15) is 0 Å². The Labute approximate surface area is 113 Å². The lowest BCUT2D eigenvalue weighted by Gasteiger charge is -2.27. The second kappa shape index (κ2) is 5.81. The predicted molar refractivity (Wildman–Crippen MR) is 71.2 cm³/mol. The van der Waals surface area contributed by atoms with E-state index in [0.717, 1.165) is 32.1 Å². The fourth-order valence-corrected chi connectivity index (χ4v) is 2.92. The number of halogens is 2. The van der Waals surface area contributed by atoms with Crippen LogP contribution in [0.2, 0.25) is 0 Å². The third kappa shape index (κ3) is 2.85. The van der Waals surface area contributed by atoms with E-state index in [1.54, 1.807) is 6.92 Å². The average Bonchev–Trinajstić information content (AvgIpc) is 2.43. The molecule has 3 heteroatoms. The van der Waals surface area contributed by atoms with Crippen molar-refractivity contribution in [1.82, 2.24) is 0 Å². The Bertz CT molecular complexity index is 474. The first-order valence-corrected chi connectivity index (χ1v) is 7.03. The number of benzene rings is 1. The zero-order chi connectivity index (χ0) is 14.0. The van der Waals surface area contributed by atoms with Crippen molar-refractivity contribution in [2.75, 3.05) is 0 Å². The first kappa shape index (κ1) is 14.2. The minimum absolute atomic E-state index is 0.214. The summed E-state index contributed by atoms with van der Waals surface area (Å²) in [5, 5.41) is 0. The van der Waals surface area contributed by atoms with Gasteiger partial charge >= 0.3 is 0 Å². The normalized spacial score (nSPS) is 23.4. The van der Waals surface area contributed by atoms with Gasteiger partial charge in [0.05, 0.1) is 5.56 Å². The molecule has 1 aromatic rings. The van der Waals surface area contributed by atoms with Gasteiger partial charge < -0.3 is 0 Å². The van der Waals surface area contributed by atoms with Gasteiger partial charge in [0.1, 0.15) is 11.6 Å². The molecular formula is C16H20F2O. The maximum Gasteiger partial charge on any atom is 0.171 e. The third-order valence-electron chi connectivity index (χ3n) is 4.33. The Kier molecular flexibility index (Phi) is 4.33. The Morgan fingerprint density at radius 1 is 1.21 bits per heavy atom. The molecule has 1 nitrogen and oxygen atoms in total. The summed E-state index contributed by atoms with van der Waals surface area (Å²) >= 11 is 0. The topological polar surface area (TPSA) is 17.1 Å². The Balaban J connectivity index is 2.19. The summed E-state index contributed by atoms with van der Waals surface area (Å²) < 4.78 is 27.7. The van der Waals surface area contributed by atoms with Crippen LogP contribution in [0.3, 0.4) is 0 Å². The van der Waals surface area contributed by atoms with Crippen molar-refractivity contribution in [3.8, 4) is 0 Å². The van der Waals surface area contributed by atoms with Gasteiger partial charge in [-0.25, -0.2) is 8.78 Å². The second-order valence-electron chi connectivity index (χ2n) is 5.54. The van der Waals surface area contributed by atoms with E-state index >= 15 is 0 Å². The van der Waals surface area contributed by atoms with Gasteiger partial charge in [-0.15, -0.1) is 0 Å². The number of carbonyl (C=O) groups is 1. The Hall–Kier alpha value is -1.25. The zero-order valence-corrected chi connectivity index (χ0v) is 11.5. The van der Waals surface area contributed by atoms with Crippen LogP contribution in [-0.4, -0.2) is 5.78 Å². The molecule has 0 aliphatic heterocycles. The summed E-state index contributed by atoms with van der Waals surface area (Å²) in [6.45, 7) is 3.70. The highest BCUT2D eigenvalue weighted by Crippen LogP contribution is 2.33. The molecule has 1 aliphatic rings. The van der Waals surface area contributed by atoms with Crippen LogP contribution in [0.4, 0.5) is 8.78 Å². The monoisotopic (exact) mass is 266 g/mol. The van der Waals surface area contributed by atoms with E-state index in [9.17, 15) is 13.6 Å². The van der Waals surface area contributed by atoms with Crippen LogP contribution >= 0.6 is 0 Å². The third-order valence-corrected chi connectivity index (χ3v) is 4.33. The van der Waals surface area contributed by atoms with Gasteiger partial charge in [0.25, 0.3) is 0 Å². The SMILES string of the molecule is CCC1CCC(C(=O)c2c(F)ccc(C)c2F)CC1. The van der Waals surface area contributed by atoms with Gasteiger partial charge in [-0.1, -0.05) is 19.4 Å². The number of carbonyl (C=O) groups excluding carboxylic acids is 1. The fourth-order valence-electron chi connectivity index (χ4n) is 2.92. The molecule has 0 aromatic heterocycles. The molecule has 0 radical (unpaired) electrons. The molecule has 0 spiro atoms. The van der Waals surface area contributed by atoms with Crippen LogP contribution in [0.1, 0.15) is 54.9 Å². The fraction of sp³-hybridized carbons (Fsp3) is 0.562. The van der Waals surface area contributed by atoms with E-state index in [1.165, 1.54) is 12.1 Å². The van der Waals surface area contributed by atoms with Crippen LogP contribution in [0.15, 0.2) is 12.1 Å². The van der Waals surface area contributed by atoms with Crippen molar-refractivity contribution in [2.45, 2.75) is 46.0 Å². The highest BCUT2D eigenvalue weighted by Gasteiger charge is 2.30. The van der Waals surface area contributed by atoms with Crippen LogP contribution in [0.25, 0.3) is 0 Å². The molecule has 0 unspecified atom stereocenters. The summed E-state index contributed by atoms with van der Waals surface area (Å²) in [4.78, 5) is 12.3. The molecule has 0 heterocycles. The second-order valence-corrected chi connectivity index (χ2v) is 5.54. The molecule has 0 bridgehead atoms. The number of ketones is 1. The van der Waals surface area contributed by atoms with E-state index < -0.39 is 11.6 Å². The summed E-state index contributed by atoms with van der Waals surface area (Å²) in [5.74, 6) is -1.33. The standard InChI is InChI=1S/C16H20F2O/c1-3-11-5-7-12(8-6-11)16(19)14-13(17)9-4-10(2)15(14)18/h4,9,11-12H,3,5-8H2,1-2H3. The largest absolute Gasteiger partial charge is 0.294 e. The number of hydrogen-bond donors (Lipinski definition) is 0. The maximum absolute atomic E-state index is 13.9. The van der Waals surface area contributed by atoms with Crippen molar-refractivity contribution in [3.63, 3.8) is 0 Å². The minimum atomic E-state index is -0.731. The van der Waals surface area contributed by atoms with Gasteiger partial charge in [0.2, 0.25) is 0 Å². The molecular weight excluding hydrogens is 246 g/mol. The number of rotatable bonds is 3. The number of Topliss-reactive ketones (excluding diaryl/α,β-unsaturated/α-hetero) is 1. The molecule has 1 fully saturated rings. The van der Waals surface area contributed by atoms with Crippen molar-refractivity contribution in [2.24, 2.45) is 11.8 Å². The average molecular weight is 266 g/mol. The molecule has 1 aromatic carbocycles. The van der Waals surface area contributed by atoms with Gasteiger partial charge in [0.15, 0.2) is 5.78 Å². The summed E-state index contributed by atoms with van der Waals surface area (Å²) in [6, 6.07) is 2.55. The molecule has 0 saturated heterocycles. The van der Waals surface area contributed by atoms with Crippen molar-refractivity contribution < 1.29 is 13.6 Å². The number of aryl methyl sites for hydroxylation is 1. The lowest BCUT2D eigenvalue weighted by molar-refractivity contribution is 0.0862. The van der Waals surface area contributed by atoms with E-state index in [0.29, 0.717) is 11.5 Å². The quantitative estimate of drug-likeness (QED) is 0.726. The lowest BCUT2D eigenvalue weighted by Crippen LogP contribution is -2.23. The smallest absolute Gasteiger partial charge is 0.171 e. The van der Waals surface area contributed by atoms with Gasteiger partial charge in [0, 0.05) is 5.92 Å². The minimum Gasteiger partial charge on any atom is -0.294 e. The first-order chi connectivity index (χ1) is 9.04. The molecule has 0 amide bonds. The van der Waals surface area contributed by atoms with E-state index in [2.05, 4.69) is 6.92 Å². The predicted octanol–water partition coefficient (Wildman–Crippen LogP) is 4.67. The summed E-state index contributed by atoms with van der Waals surface area (Å²) in [7, 11) is 0. The lowest BCUT2D eigenvalue weighted by atomic mass is 9.77. The molecule has 0 N–H and O–H groups in total. The Morgan fingerprint density at radius 3 is 2.42 bits per heavy atom. The maximum atomic E-state index is 13.9. The highest BCUT2D eigenvalue weighted by molar-refractivity contribution is 5.98. The van der Waals surface area contributed by atoms with Crippen LogP contribution in [0.5, 0.6) is 0 Å². The first-order valence-electron chi connectivity index (χ1n) is 7.03. The van der Waals surface area contributed by atoms with Gasteiger partial charge in [-0.05, 0) is 50.2 Å². The van der Waals surface area contributed by atoms with E-state index in [1.807, 2.05) is 0 Å². The van der Waals surface area contributed by atoms with Crippen LogP contribution in [-0.2, 0) is 0 Å². The summed E-state index contributed by atoms with van der Waals surface area (Å²) in [5.41, 5.74) is -0.00746. The summed E-state index contributed by atoms with van der Waals surface area (Å²) in [6.07, 6.45) is 4.60. The van der Waals surface area contributed by atoms with Crippen LogP contribution in [0, 0.1) is 30.4 Å². The van der Waals surface area contributed by atoms with Crippen molar-refractivity contribution in [3.05, 3.63) is 34.9 Å². The van der Waals surface area contributed by atoms with Crippen LogP contribution < -0.4 is 0 Å². The Morgan fingerprint density at radius 2 is 1.84 bits per heavy atom. The molecule has 2 rings (SSSR count). The molecule has 0 atom stereocenters. The van der Waals surface area contributed by atoms with E-state index in [-0.39, 0.29) is 17.3 Å². The van der Waals surface area contributed by atoms with Crippen molar-refractivity contribution in [1.29, 1.82) is 0 Å². The number of hydrogen-bond acceptors (Lipinski definition) is 1. The zero-order valence-electron chi connectivity index (χ0n) is 11.5. The molecule has 1 saturated carbocycles. The van der Waals surface area contributed by atoms with Crippen molar-refractivity contribution >= 4 is 5.78 Å². The van der Waals surface area contributed by atoms with Gasteiger partial charge in [-0.3, -0.25) is 4.79 Å². The van der Waals surface area contributed by atoms with E-state index in [4.69, 9.17) is 0 Å². The molecule has 104 valence electrons. The highest BCUT2D eigenvalue weighted by atomic mass is 19.1. The molecule has 1 aliphatic carbocycles.